The molecule has 0 spiro atoms. The van der Waals surface area contributed by atoms with E-state index < -0.39 is 18.2 Å². The SMILES string of the molecule is OCc1ccc(-c2cnn(C3CC3)c2)c(F)c1F. The van der Waals surface area contributed by atoms with E-state index in [2.05, 4.69) is 5.10 Å². The molecule has 3 rings (SSSR count). The second-order valence-electron chi connectivity index (χ2n) is 4.50. The van der Waals surface area contributed by atoms with Crippen LogP contribution in [0.5, 0.6) is 0 Å². The molecule has 94 valence electrons. The Kier molecular flexibility index (Phi) is 2.63. The minimum atomic E-state index is -0.992. The summed E-state index contributed by atoms with van der Waals surface area (Å²) < 4.78 is 29.2. The van der Waals surface area contributed by atoms with Gasteiger partial charge >= 0.3 is 0 Å². The summed E-state index contributed by atoms with van der Waals surface area (Å²) in [5.74, 6) is -1.92. The Bertz CT molecular complexity index is 591. The molecule has 1 saturated carbocycles. The molecular weight excluding hydrogens is 238 g/mol. The van der Waals surface area contributed by atoms with Crippen molar-refractivity contribution < 1.29 is 13.9 Å². The topological polar surface area (TPSA) is 38.1 Å². The number of rotatable bonds is 3. The molecule has 0 atom stereocenters. The van der Waals surface area contributed by atoms with Crippen molar-refractivity contribution in [1.82, 2.24) is 9.78 Å². The summed E-state index contributed by atoms with van der Waals surface area (Å²) in [6.45, 7) is -0.510. The lowest BCUT2D eigenvalue weighted by Gasteiger charge is -2.05. The van der Waals surface area contributed by atoms with Gasteiger partial charge in [0.05, 0.1) is 18.8 Å². The van der Waals surface area contributed by atoms with Crippen LogP contribution in [0, 0.1) is 11.6 Å². The summed E-state index contributed by atoms with van der Waals surface area (Å²) in [6, 6.07) is 3.27. The Morgan fingerprint density at radius 3 is 2.72 bits per heavy atom. The highest BCUT2D eigenvalue weighted by Gasteiger charge is 2.25. The minimum absolute atomic E-state index is 0.0363. The maximum Gasteiger partial charge on any atom is 0.167 e. The van der Waals surface area contributed by atoms with Crippen LogP contribution in [0.2, 0.25) is 0 Å². The molecule has 1 N–H and O–H groups in total. The number of hydrogen-bond donors (Lipinski definition) is 1. The number of aromatic nitrogens is 2. The molecular formula is C13H12F2N2O. The minimum Gasteiger partial charge on any atom is -0.392 e. The van der Waals surface area contributed by atoms with Gasteiger partial charge in [0, 0.05) is 22.9 Å². The van der Waals surface area contributed by atoms with Crippen molar-refractivity contribution in [2.75, 3.05) is 0 Å². The molecule has 0 saturated heterocycles. The maximum atomic E-state index is 13.8. The van der Waals surface area contributed by atoms with E-state index >= 15 is 0 Å². The van der Waals surface area contributed by atoms with Gasteiger partial charge in [-0.2, -0.15) is 5.10 Å². The third-order valence-electron chi connectivity index (χ3n) is 3.17. The summed E-state index contributed by atoms with van der Waals surface area (Å²) in [5.41, 5.74) is 0.699. The number of nitrogens with zero attached hydrogens (tertiary/aromatic N) is 2. The molecule has 0 unspecified atom stereocenters. The van der Waals surface area contributed by atoms with E-state index in [4.69, 9.17) is 5.11 Å². The molecule has 18 heavy (non-hydrogen) atoms. The van der Waals surface area contributed by atoms with E-state index in [1.807, 2.05) is 0 Å². The molecule has 1 heterocycles. The monoisotopic (exact) mass is 250 g/mol. The van der Waals surface area contributed by atoms with Gasteiger partial charge in [0.1, 0.15) is 0 Å². The third-order valence-corrected chi connectivity index (χ3v) is 3.17. The first-order valence-corrected chi connectivity index (χ1v) is 5.83. The van der Waals surface area contributed by atoms with Crippen LogP contribution < -0.4 is 0 Å². The zero-order chi connectivity index (χ0) is 12.7. The van der Waals surface area contributed by atoms with Crippen molar-refractivity contribution in [2.24, 2.45) is 0 Å². The van der Waals surface area contributed by atoms with Crippen LogP contribution in [0.4, 0.5) is 8.78 Å². The average Bonchev–Trinajstić information content (AvgIpc) is 3.12. The summed E-state index contributed by atoms with van der Waals surface area (Å²) >= 11 is 0. The van der Waals surface area contributed by atoms with Crippen molar-refractivity contribution in [1.29, 1.82) is 0 Å². The molecule has 0 radical (unpaired) electrons. The Balaban J connectivity index is 2.02. The fourth-order valence-corrected chi connectivity index (χ4v) is 1.95. The molecule has 0 amide bonds. The summed E-state index contributed by atoms with van der Waals surface area (Å²) in [5, 5.41) is 13.0. The van der Waals surface area contributed by atoms with E-state index in [0.29, 0.717) is 11.6 Å². The van der Waals surface area contributed by atoms with Crippen LogP contribution in [-0.2, 0) is 6.61 Å². The summed E-state index contributed by atoms with van der Waals surface area (Å²) in [4.78, 5) is 0. The van der Waals surface area contributed by atoms with Crippen LogP contribution in [0.25, 0.3) is 11.1 Å². The summed E-state index contributed by atoms with van der Waals surface area (Å²) in [6.07, 6.45) is 5.44. The number of hydrogen-bond acceptors (Lipinski definition) is 2. The van der Waals surface area contributed by atoms with Gasteiger partial charge in [0.15, 0.2) is 11.6 Å². The standard InChI is InChI=1S/C13H12F2N2O/c14-12-8(7-18)1-4-11(13(12)15)9-5-16-17(6-9)10-2-3-10/h1,4-6,10,18H,2-3,7H2. The van der Waals surface area contributed by atoms with Crippen molar-refractivity contribution in [3.05, 3.63) is 41.7 Å². The number of halogens is 2. The quantitative estimate of drug-likeness (QED) is 0.909. The highest BCUT2D eigenvalue weighted by atomic mass is 19.2. The van der Waals surface area contributed by atoms with Gasteiger partial charge in [-0.1, -0.05) is 12.1 Å². The third kappa shape index (κ3) is 1.80. The Morgan fingerprint density at radius 1 is 1.28 bits per heavy atom. The normalized spacial score (nSPS) is 15.1. The van der Waals surface area contributed by atoms with Gasteiger partial charge in [0.25, 0.3) is 0 Å². The van der Waals surface area contributed by atoms with E-state index in [1.54, 1.807) is 10.9 Å². The van der Waals surface area contributed by atoms with Gasteiger partial charge in [-0.05, 0) is 12.8 Å². The molecule has 0 bridgehead atoms. The predicted molar refractivity (Wildman–Crippen MR) is 61.8 cm³/mol. The Labute approximate surface area is 103 Å². The first kappa shape index (κ1) is 11.3. The van der Waals surface area contributed by atoms with Crippen LogP contribution in [0.3, 0.4) is 0 Å². The molecule has 5 heteroatoms. The van der Waals surface area contributed by atoms with Crippen LogP contribution in [0.1, 0.15) is 24.4 Å². The van der Waals surface area contributed by atoms with Crippen molar-refractivity contribution >= 4 is 0 Å². The van der Waals surface area contributed by atoms with Gasteiger partial charge in [0.2, 0.25) is 0 Å². The highest BCUT2D eigenvalue weighted by Crippen LogP contribution is 2.35. The smallest absolute Gasteiger partial charge is 0.167 e. The van der Waals surface area contributed by atoms with Gasteiger partial charge in [-0.25, -0.2) is 8.78 Å². The zero-order valence-corrected chi connectivity index (χ0v) is 9.61. The number of aliphatic hydroxyl groups is 1. The van der Waals surface area contributed by atoms with E-state index in [9.17, 15) is 8.78 Å². The Hall–Kier alpha value is -1.75. The largest absolute Gasteiger partial charge is 0.392 e. The fourth-order valence-electron chi connectivity index (χ4n) is 1.95. The predicted octanol–water partition coefficient (Wildman–Crippen LogP) is 2.66. The molecule has 1 aliphatic carbocycles. The molecule has 1 aromatic carbocycles. The van der Waals surface area contributed by atoms with Crippen LogP contribution in [0.15, 0.2) is 24.5 Å². The molecule has 2 aromatic rings. The fraction of sp³-hybridized carbons (Fsp3) is 0.308. The molecule has 0 aliphatic heterocycles. The van der Waals surface area contributed by atoms with E-state index in [-0.39, 0.29) is 11.1 Å². The summed E-state index contributed by atoms with van der Waals surface area (Å²) in [7, 11) is 0. The van der Waals surface area contributed by atoms with E-state index in [1.165, 1.54) is 18.3 Å². The Morgan fingerprint density at radius 2 is 2.06 bits per heavy atom. The second kappa shape index (κ2) is 4.17. The molecule has 1 fully saturated rings. The van der Waals surface area contributed by atoms with E-state index in [0.717, 1.165) is 12.8 Å². The zero-order valence-electron chi connectivity index (χ0n) is 9.61. The van der Waals surface area contributed by atoms with Crippen LogP contribution >= 0.6 is 0 Å². The highest BCUT2D eigenvalue weighted by molar-refractivity contribution is 5.63. The van der Waals surface area contributed by atoms with Gasteiger partial charge in [-0.3, -0.25) is 4.68 Å². The second-order valence-corrected chi connectivity index (χ2v) is 4.50. The first-order chi connectivity index (χ1) is 8.70. The first-order valence-electron chi connectivity index (χ1n) is 5.83. The van der Waals surface area contributed by atoms with Gasteiger partial charge in [-0.15, -0.1) is 0 Å². The van der Waals surface area contributed by atoms with Crippen molar-refractivity contribution in [2.45, 2.75) is 25.5 Å². The van der Waals surface area contributed by atoms with Crippen molar-refractivity contribution in [3.63, 3.8) is 0 Å². The van der Waals surface area contributed by atoms with Gasteiger partial charge < -0.3 is 5.11 Å². The van der Waals surface area contributed by atoms with Crippen molar-refractivity contribution in [3.8, 4) is 11.1 Å². The molecule has 3 nitrogen and oxygen atoms in total. The lowest BCUT2D eigenvalue weighted by molar-refractivity contribution is 0.273. The molecule has 1 aromatic heterocycles. The van der Waals surface area contributed by atoms with Crippen LogP contribution in [-0.4, -0.2) is 14.9 Å². The molecule has 1 aliphatic rings. The number of aliphatic hydroxyl groups excluding tert-OH is 1. The number of benzene rings is 1. The average molecular weight is 250 g/mol. The lowest BCUT2D eigenvalue weighted by Crippen LogP contribution is -1.96. The maximum absolute atomic E-state index is 13.8. The lowest BCUT2D eigenvalue weighted by atomic mass is 10.1.